The van der Waals surface area contributed by atoms with Gasteiger partial charge in [0.2, 0.25) is 11.6 Å². The summed E-state index contributed by atoms with van der Waals surface area (Å²) in [5.74, 6) is -0.595. The molecule has 2 amide bonds. The van der Waals surface area contributed by atoms with E-state index in [-0.39, 0.29) is 24.7 Å². The van der Waals surface area contributed by atoms with Gasteiger partial charge < -0.3 is 14.0 Å². The van der Waals surface area contributed by atoms with Crippen LogP contribution in [0.4, 0.5) is 40.1 Å². The average molecular weight is 825 g/mol. The number of amides is 2. The quantitative estimate of drug-likeness (QED) is 0.132. The standard InChI is InChI=1S/C24H25FN6O2.C19H22F2N4O2/c1-23(2,3)33-22(32)31(16-24(11-6-12-24)21-18(25)7-5-13-27-21)20-9-8-19(28-29-20)30-14-10-17(15-30)26-4;1-18(2,3)27-17(26)25(15-8-7-14(21)23-24-15)12-19(9-5-10-19)16-13(20)6-4-11-22-16/h5,7-10,13-15H,6,11-12,16H2,1-3H3;4,6-8,11H,5,9-10,12H2,1-3H3. The smallest absolute Gasteiger partial charge is 0.416 e. The zero-order chi connectivity index (χ0) is 43.3. The van der Waals surface area contributed by atoms with Crippen LogP contribution >= 0.6 is 0 Å². The molecule has 2 fully saturated rings. The highest BCUT2D eigenvalue weighted by Crippen LogP contribution is 2.46. The van der Waals surface area contributed by atoms with E-state index in [9.17, 15) is 22.8 Å². The summed E-state index contributed by atoms with van der Waals surface area (Å²) >= 11 is 0. The van der Waals surface area contributed by atoms with E-state index in [1.807, 2.05) is 0 Å². The van der Waals surface area contributed by atoms with Gasteiger partial charge in [-0.15, -0.1) is 20.4 Å². The molecule has 5 aromatic rings. The van der Waals surface area contributed by atoms with E-state index in [1.54, 1.807) is 89.0 Å². The van der Waals surface area contributed by atoms with E-state index in [0.717, 1.165) is 18.9 Å². The molecule has 5 aromatic heterocycles. The van der Waals surface area contributed by atoms with Crippen LogP contribution in [0.3, 0.4) is 0 Å². The number of rotatable bonds is 9. The van der Waals surface area contributed by atoms with E-state index >= 15 is 0 Å². The van der Waals surface area contributed by atoms with Gasteiger partial charge in [-0.05, 0) is 128 Å². The summed E-state index contributed by atoms with van der Waals surface area (Å²) in [4.78, 5) is 40.6. The number of carbonyl (C=O) groups is 2. The first-order chi connectivity index (χ1) is 28.4. The van der Waals surface area contributed by atoms with Crippen LogP contribution in [0.5, 0.6) is 0 Å². The Hall–Kier alpha value is -6.44. The molecule has 0 saturated heterocycles. The van der Waals surface area contributed by atoms with Crippen LogP contribution in [0.15, 0.2) is 79.4 Å². The number of pyridine rings is 2. The van der Waals surface area contributed by atoms with Crippen molar-refractivity contribution in [1.29, 1.82) is 0 Å². The van der Waals surface area contributed by atoms with Crippen molar-refractivity contribution in [2.24, 2.45) is 0 Å². The molecule has 7 rings (SSSR count). The normalized spacial score (nSPS) is 15.2. The van der Waals surface area contributed by atoms with E-state index in [2.05, 4.69) is 35.2 Å². The Morgan fingerprint density at radius 2 is 1.20 bits per heavy atom. The maximum atomic E-state index is 14.7. The van der Waals surface area contributed by atoms with Crippen molar-refractivity contribution in [3.05, 3.63) is 120 Å². The molecule has 17 heteroatoms. The third-order valence-electron chi connectivity index (χ3n) is 10.2. The summed E-state index contributed by atoms with van der Waals surface area (Å²) in [5, 5.41) is 15.7. The highest BCUT2D eigenvalue weighted by atomic mass is 19.1. The summed E-state index contributed by atoms with van der Waals surface area (Å²) in [7, 11) is 0. The van der Waals surface area contributed by atoms with E-state index in [4.69, 9.17) is 16.0 Å². The van der Waals surface area contributed by atoms with E-state index < -0.39 is 46.0 Å². The van der Waals surface area contributed by atoms with Crippen LogP contribution in [0.25, 0.3) is 10.7 Å². The fraction of sp³-hybridized carbons (Fsp3) is 0.419. The van der Waals surface area contributed by atoms with Crippen molar-refractivity contribution < 1.29 is 32.2 Å². The minimum Gasteiger partial charge on any atom is -0.443 e. The third kappa shape index (κ3) is 10.0. The number of aromatic nitrogens is 7. The number of hydrogen-bond acceptors (Lipinski definition) is 10. The van der Waals surface area contributed by atoms with Crippen LogP contribution < -0.4 is 9.80 Å². The largest absolute Gasteiger partial charge is 0.443 e. The van der Waals surface area contributed by atoms with E-state index in [0.29, 0.717) is 54.4 Å². The van der Waals surface area contributed by atoms with Crippen molar-refractivity contribution in [3.8, 4) is 5.82 Å². The molecule has 0 atom stereocenters. The lowest BCUT2D eigenvalue weighted by molar-refractivity contribution is 0.0547. The number of hydrogen-bond donors (Lipinski definition) is 0. The number of halogens is 3. The monoisotopic (exact) mass is 824 g/mol. The maximum absolute atomic E-state index is 14.7. The first-order valence-electron chi connectivity index (χ1n) is 19.5. The number of anilines is 2. The van der Waals surface area contributed by atoms with Gasteiger partial charge >= 0.3 is 12.2 Å². The number of nitrogens with zero attached hydrogens (tertiary/aromatic N) is 10. The summed E-state index contributed by atoms with van der Waals surface area (Å²) < 4.78 is 55.0. The molecule has 0 N–H and O–H groups in total. The molecule has 5 heterocycles. The predicted molar refractivity (Wildman–Crippen MR) is 216 cm³/mol. The second-order valence-electron chi connectivity index (χ2n) is 16.9. The van der Waals surface area contributed by atoms with E-state index in [1.165, 1.54) is 40.3 Å². The molecule has 0 unspecified atom stereocenters. The van der Waals surface area contributed by atoms with Crippen LogP contribution in [0, 0.1) is 24.2 Å². The Labute approximate surface area is 346 Å². The zero-order valence-electron chi connectivity index (χ0n) is 34.4. The highest BCUT2D eigenvalue weighted by molar-refractivity contribution is 5.87. The molecule has 0 aromatic carbocycles. The molecule has 2 saturated carbocycles. The summed E-state index contributed by atoms with van der Waals surface area (Å²) in [6.45, 7) is 18.0. The SMILES string of the molecule is CC(C)(C)OC(=O)N(CC1(c2ncccc2F)CCC1)c1ccc(F)nn1.[C-]#[N+]c1ccn(-c2ccc(N(CC3(c4ncccc4F)CCC3)C(=O)OC(C)(C)C)nn2)c1. The van der Waals surface area contributed by atoms with Gasteiger partial charge in [0.25, 0.3) is 0 Å². The molecule has 0 spiro atoms. The second kappa shape index (κ2) is 17.4. The van der Waals surface area contributed by atoms with Gasteiger partial charge in [0, 0.05) is 42.5 Å². The van der Waals surface area contributed by atoms with Gasteiger partial charge in [0.15, 0.2) is 17.5 Å². The summed E-state index contributed by atoms with van der Waals surface area (Å²) in [6.07, 6.45) is 9.81. The average Bonchev–Trinajstić information content (AvgIpc) is 3.65. The van der Waals surface area contributed by atoms with Crippen molar-refractivity contribution in [1.82, 2.24) is 34.9 Å². The Morgan fingerprint density at radius 1 is 0.717 bits per heavy atom. The molecule has 0 bridgehead atoms. The summed E-state index contributed by atoms with van der Waals surface area (Å²) in [6, 6.07) is 13.4. The molecule has 14 nitrogen and oxygen atoms in total. The third-order valence-corrected chi connectivity index (χ3v) is 10.2. The molecule has 2 aliphatic rings. The van der Waals surface area contributed by atoms with Gasteiger partial charge in [-0.2, -0.15) is 4.39 Å². The van der Waals surface area contributed by atoms with Gasteiger partial charge in [0.05, 0.1) is 18.0 Å². The van der Waals surface area contributed by atoms with Gasteiger partial charge in [-0.1, -0.05) is 12.8 Å². The number of ether oxygens (including phenoxy) is 2. The molecular weight excluding hydrogens is 778 g/mol. The molecular formula is C43H47F3N10O4. The molecule has 2 aliphatic carbocycles. The number of carbonyl (C=O) groups excluding carboxylic acids is 2. The van der Waals surface area contributed by atoms with Crippen LogP contribution in [-0.4, -0.2) is 71.4 Å². The molecule has 314 valence electrons. The van der Waals surface area contributed by atoms with Crippen molar-refractivity contribution in [2.45, 2.75) is 102 Å². The van der Waals surface area contributed by atoms with Gasteiger partial charge in [-0.3, -0.25) is 19.8 Å². The lowest BCUT2D eigenvalue weighted by atomic mass is 9.66. The van der Waals surface area contributed by atoms with Crippen LogP contribution in [-0.2, 0) is 20.3 Å². The Morgan fingerprint density at radius 3 is 1.55 bits per heavy atom. The fourth-order valence-electron chi connectivity index (χ4n) is 7.06. The maximum Gasteiger partial charge on any atom is 0.416 e. The molecule has 0 aliphatic heterocycles. The van der Waals surface area contributed by atoms with Crippen molar-refractivity contribution in [3.63, 3.8) is 0 Å². The van der Waals surface area contributed by atoms with Crippen molar-refractivity contribution >= 4 is 29.5 Å². The van der Waals surface area contributed by atoms with Gasteiger partial charge in [0.1, 0.15) is 22.8 Å². The first-order valence-corrected chi connectivity index (χ1v) is 19.5. The highest BCUT2D eigenvalue weighted by Gasteiger charge is 2.47. The predicted octanol–water partition coefficient (Wildman–Crippen LogP) is 9.23. The Bertz CT molecular complexity index is 2330. The van der Waals surface area contributed by atoms with Gasteiger partial charge in [-0.25, -0.2) is 23.2 Å². The topological polar surface area (TPSA) is 146 Å². The lowest BCUT2D eigenvalue weighted by Gasteiger charge is -2.44. The Balaban J connectivity index is 0.000000205. The van der Waals surface area contributed by atoms with Crippen LogP contribution in [0.1, 0.15) is 91.5 Å². The second-order valence-corrected chi connectivity index (χ2v) is 16.9. The fourth-order valence-corrected chi connectivity index (χ4v) is 7.06. The molecule has 60 heavy (non-hydrogen) atoms. The summed E-state index contributed by atoms with van der Waals surface area (Å²) in [5.41, 5.74) is -1.54. The minimum absolute atomic E-state index is 0.121. The minimum atomic E-state index is -0.753. The zero-order valence-corrected chi connectivity index (χ0v) is 34.4. The first kappa shape index (κ1) is 43.1. The lowest BCUT2D eigenvalue weighted by Crippen LogP contribution is -2.50. The Kier molecular flexibility index (Phi) is 12.5. The van der Waals surface area contributed by atoms with Crippen molar-refractivity contribution in [2.75, 3.05) is 22.9 Å². The van der Waals surface area contributed by atoms with Crippen LogP contribution in [0.2, 0.25) is 0 Å². The molecule has 0 radical (unpaired) electrons.